The first-order chi connectivity index (χ1) is 11.0. The molecule has 2 N–H and O–H groups in total. The van der Waals surface area contributed by atoms with Crippen LogP contribution in [0.15, 0.2) is 24.3 Å². The van der Waals surface area contributed by atoms with Gasteiger partial charge in [-0.2, -0.15) is 8.78 Å². The summed E-state index contributed by atoms with van der Waals surface area (Å²) in [6.45, 7) is -1.04. The van der Waals surface area contributed by atoms with Crippen molar-refractivity contribution in [3.63, 3.8) is 0 Å². The summed E-state index contributed by atoms with van der Waals surface area (Å²) in [4.78, 5) is 12.0. The number of benzene rings is 1. The maximum Gasteiger partial charge on any atom is 0.387 e. The van der Waals surface area contributed by atoms with E-state index >= 15 is 0 Å². The van der Waals surface area contributed by atoms with Gasteiger partial charge < -0.3 is 15.4 Å². The molecule has 1 atom stereocenters. The van der Waals surface area contributed by atoms with Crippen molar-refractivity contribution in [1.29, 1.82) is 0 Å². The van der Waals surface area contributed by atoms with E-state index in [0.717, 1.165) is 18.4 Å². The highest BCUT2D eigenvalue weighted by molar-refractivity contribution is 5.75. The van der Waals surface area contributed by atoms with Crippen molar-refractivity contribution in [2.45, 2.75) is 57.7 Å². The van der Waals surface area contributed by atoms with Crippen molar-refractivity contribution < 1.29 is 18.3 Å². The zero-order valence-electron chi connectivity index (χ0n) is 13.1. The Kier molecular flexibility index (Phi) is 4.41. The lowest BCUT2D eigenvalue weighted by Crippen LogP contribution is -2.55. The number of carbonyl (C=O) groups is 1. The molecule has 1 aromatic rings. The van der Waals surface area contributed by atoms with E-state index < -0.39 is 6.61 Å². The van der Waals surface area contributed by atoms with Gasteiger partial charge in [-0.05, 0) is 55.7 Å². The molecule has 1 aromatic carbocycles. The monoisotopic (exact) mass is 324 g/mol. The summed E-state index contributed by atoms with van der Waals surface area (Å²) in [6.07, 6.45) is 6.05. The number of halogens is 2. The molecular formula is C17H22F2N2O2. The SMILES string of the molecule is C[C@H](NC(=O)NC1CC2(CCC2)C1)c1cccc(OC(F)F)c1. The van der Waals surface area contributed by atoms with Crippen LogP contribution in [-0.4, -0.2) is 18.7 Å². The van der Waals surface area contributed by atoms with Gasteiger partial charge in [0.2, 0.25) is 0 Å². The second kappa shape index (κ2) is 6.34. The van der Waals surface area contributed by atoms with Crippen molar-refractivity contribution in [3.05, 3.63) is 29.8 Å². The fraction of sp³-hybridized carbons (Fsp3) is 0.588. The van der Waals surface area contributed by atoms with Crippen LogP contribution in [0.2, 0.25) is 0 Å². The minimum atomic E-state index is -2.85. The number of nitrogens with one attached hydrogen (secondary N) is 2. The number of urea groups is 1. The van der Waals surface area contributed by atoms with Crippen LogP contribution < -0.4 is 15.4 Å². The Labute approximate surface area is 134 Å². The molecule has 2 aliphatic rings. The zero-order chi connectivity index (χ0) is 16.4. The predicted octanol–water partition coefficient (Wildman–Crippen LogP) is 3.98. The Morgan fingerprint density at radius 2 is 2.09 bits per heavy atom. The molecule has 0 aliphatic heterocycles. The normalized spacial score (nSPS) is 20.5. The lowest BCUT2D eigenvalue weighted by molar-refractivity contribution is -0.0499. The van der Waals surface area contributed by atoms with E-state index in [-0.39, 0.29) is 23.9 Å². The second-order valence-electron chi connectivity index (χ2n) is 6.75. The van der Waals surface area contributed by atoms with Crippen LogP contribution >= 0.6 is 0 Å². The average Bonchev–Trinajstić information content (AvgIpc) is 2.39. The zero-order valence-corrected chi connectivity index (χ0v) is 13.1. The van der Waals surface area contributed by atoms with E-state index in [1.54, 1.807) is 12.1 Å². The minimum Gasteiger partial charge on any atom is -0.435 e. The van der Waals surface area contributed by atoms with Crippen LogP contribution in [-0.2, 0) is 0 Å². The molecule has 2 amide bonds. The third-order valence-electron chi connectivity index (χ3n) is 5.04. The van der Waals surface area contributed by atoms with Crippen molar-refractivity contribution in [2.24, 2.45) is 5.41 Å². The summed E-state index contributed by atoms with van der Waals surface area (Å²) < 4.78 is 28.9. The molecule has 2 saturated carbocycles. The summed E-state index contributed by atoms with van der Waals surface area (Å²) in [7, 11) is 0. The van der Waals surface area contributed by atoms with Gasteiger partial charge in [-0.25, -0.2) is 4.79 Å². The van der Waals surface area contributed by atoms with Gasteiger partial charge in [0.05, 0.1) is 6.04 Å². The van der Waals surface area contributed by atoms with Crippen molar-refractivity contribution in [2.75, 3.05) is 0 Å². The molecule has 0 unspecified atom stereocenters. The Morgan fingerprint density at radius 1 is 1.35 bits per heavy atom. The lowest BCUT2D eigenvalue weighted by Gasteiger charge is -2.54. The third kappa shape index (κ3) is 3.74. The minimum absolute atomic E-state index is 0.0949. The highest BCUT2D eigenvalue weighted by Crippen LogP contribution is 2.55. The number of rotatable bonds is 5. The molecule has 0 radical (unpaired) electrons. The second-order valence-corrected chi connectivity index (χ2v) is 6.75. The molecule has 2 fully saturated rings. The van der Waals surface area contributed by atoms with E-state index in [9.17, 15) is 13.6 Å². The van der Waals surface area contributed by atoms with Gasteiger partial charge in [-0.1, -0.05) is 18.6 Å². The predicted molar refractivity (Wildman–Crippen MR) is 82.5 cm³/mol. The van der Waals surface area contributed by atoms with Gasteiger partial charge in [-0.15, -0.1) is 0 Å². The molecule has 23 heavy (non-hydrogen) atoms. The fourth-order valence-corrected chi connectivity index (χ4v) is 3.64. The van der Waals surface area contributed by atoms with Crippen LogP contribution in [0.4, 0.5) is 13.6 Å². The summed E-state index contributed by atoms with van der Waals surface area (Å²) >= 11 is 0. The molecule has 2 aliphatic carbocycles. The Balaban J connectivity index is 1.48. The van der Waals surface area contributed by atoms with Crippen molar-refractivity contribution >= 4 is 6.03 Å². The van der Waals surface area contributed by atoms with Gasteiger partial charge >= 0.3 is 12.6 Å². The van der Waals surface area contributed by atoms with Crippen LogP contribution in [0.25, 0.3) is 0 Å². The lowest BCUT2D eigenvalue weighted by atomic mass is 9.54. The van der Waals surface area contributed by atoms with Gasteiger partial charge in [0.1, 0.15) is 5.75 Å². The molecular weight excluding hydrogens is 302 g/mol. The highest BCUT2D eigenvalue weighted by Gasteiger charge is 2.48. The van der Waals surface area contributed by atoms with Crippen molar-refractivity contribution in [1.82, 2.24) is 10.6 Å². The number of ether oxygens (including phenoxy) is 1. The average molecular weight is 324 g/mol. The number of alkyl halides is 2. The number of amides is 2. The Bertz CT molecular complexity index is 567. The van der Waals surface area contributed by atoms with E-state index in [1.807, 2.05) is 6.92 Å². The summed E-state index contributed by atoms with van der Waals surface area (Å²) in [5, 5.41) is 5.83. The highest BCUT2D eigenvalue weighted by atomic mass is 19.3. The third-order valence-corrected chi connectivity index (χ3v) is 5.04. The smallest absolute Gasteiger partial charge is 0.387 e. The van der Waals surface area contributed by atoms with Gasteiger partial charge in [-0.3, -0.25) is 0 Å². The summed E-state index contributed by atoms with van der Waals surface area (Å²) in [5.74, 6) is 0.0949. The Morgan fingerprint density at radius 3 is 2.70 bits per heavy atom. The van der Waals surface area contributed by atoms with Gasteiger partial charge in [0.25, 0.3) is 0 Å². The number of hydrogen-bond acceptors (Lipinski definition) is 2. The first kappa shape index (κ1) is 16.0. The van der Waals surface area contributed by atoms with Gasteiger partial charge in [0.15, 0.2) is 0 Å². The van der Waals surface area contributed by atoms with Gasteiger partial charge in [0, 0.05) is 6.04 Å². The first-order valence-electron chi connectivity index (χ1n) is 8.08. The van der Waals surface area contributed by atoms with Crippen LogP contribution in [0.1, 0.15) is 50.6 Å². The topological polar surface area (TPSA) is 50.4 Å². The fourth-order valence-electron chi connectivity index (χ4n) is 3.64. The largest absolute Gasteiger partial charge is 0.435 e. The molecule has 1 spiro atoms. The molecule has 126 valence electrons. The van der Waals surface area contributed by atoms with E-state index in [2.05, 4.69) is 15.4 Å². The van der Waals surface area contributed by atoms with E-state index in [0.29, 0.717) is 5.41 Å². The van der Waals surface area contributed by atoms with E-state index in [4.69, 9.17) is 0 Å². The molecule has 3 rings (SSSR count). The Hall–Kier alpha value is -1.85. The molecule has 0 heterocycles. The number of hydrogen-bond donors (Lipinski definition) is 2. The quantitative estimate of drug-likeness (QED) is 0.861. The van der Waals surface area contributed by atoms with Crippen LogP contribution in [0.5, 0.6) is 5.75 Å². The molecule has 0 bridgehead atoms. The summed E-state index contributed by atoms with van der Waals surface area (Å²) in [6, 6.07) is 6.16. The standard InChI is InChI=1S/C17H22F2N2O2/c1-11(12-4-2-5-14(8-12)23-15(18)19)20-16(22)21-13-9-17(10-13)6-3-7-17/h2,4-5,8,11,13,15H,3,6-7,9-10H2,1H3,(H2,20,21,22)/t11-/m0/s1. The molecule has 4 nitrogen and oxygen atoms in total. The van der Waals surface area contributed by atoms with Crippen molar-refractivity contribution in [3.8, 4) is 5.75 Å². The maximum atomic E-state index is 12.2. The molecule has 0 saturated heterocycles. The summed E-state index contributed by atoms with van der Waals surface area (Å²) in [5.41, 5.74) is 1.24. The van der Waals surface area contributed by atoms with Crippen LogP contribution in [0, 0.1) is 5.41 Å². The molecule has 6 heteroatoms. The number of carbonyl (C=O) groups excluding carboxylic acids is 1. The molecule has 0 aromatic heterocycles. The van der Waals surface area contributed by atoms with Crippen LogP contribution in [0.3, 0.4) is 0 Å². The first-order valence-corrected chi connectivity index (χ1v) is 8.08. The van der Waals surface area contributed by atoms with E-state index in [1.165, 1.54) is 31.4 Å². The maximum absolute atomic E-state index is 12.2.